The standard InChI is InChI=1S/C12H14N2O4.C11H8N2/c13-10(9(6-15)11(14)16)12(17)18-7-8-4-2-1-3-5-8;1-2-4-10-8(3-1)9-5-6-12-7-11(9)13-10/h1-6,9-10H,7,13H2,(H2,14,16);1-7,13H. The van der Waals surface area contributed by atoms with Crippen molar-refractivity contribution in [3.63, 3.8) is 0 Å². The second-order valence-electron chi connectivity index (χ2n) is 6.78. The lowest BCUT2D eigenvalue weighted by Crippen LogP contribution is -2.46. The van der Waals surface area contributed by atoms with Gasteiger partial charge in [-0.2, -0.15) is 0 Å². The lowest BCUT2D eigenvalue weighted by atomic mass is 10.0. The van der Waals surface area contributed by atoms with Crippen LogP contribution in [0.25, 0.3) is 21.8 Å². The molecule has 0 saturated heterocycles. The first-order valence-corrected chi connectivity index (χ1v) is 9.52. The smallest absolute Gasteiger partial charge is 0.324 e. The Morgan fingerprint density at radius 2 is 1.68 bits per heavy atom. The molecule has 1 amide bonds. The van der Waals surface area contributed by atoms with Crippen molar-refractivity contribution in [3.05, 3.63) is 78.6 Å². The lowest BCUT2D eigenvalue weighted by Gasteiger charge is -2.14. The molecule has 0 saturated carbocycles. The zero-order valence-electron chi connectivity index (χ0n) is 16.6. The van der Waals surface area contributed by atoms with Crippen molar-refractivity contribution < 1.29 is 19.1 Å². The third kappa shape index (κ3) is 5.31. The van der Waals surface area contributed by atoms with Crippen molar-refractivity contribution in [3.8, 4) is 0 Å². The average Bonchev–Trinajstić information content (AvgIpc) is 3.17. The largest absolute Gasteiger partial charge is 0.460 e. The number of fused-ring (bicyclic) bond motifs is 3. The maximum absolute atomic E-state index is 11.5. The van der Waals surface area contributed by atoms with Crippen LogP contribution < -0.4 is 11.5 Å². The fraction of sp³-hybridized carbons (Fsp3) is 0.130. The highest BCUT2D eigenvalue weighted by Crippen LogP contribution is 2.23. The van der Waals surface area contributed by atoms with Crippen LogP contribution in [0.2, 0.25) is 0 Å². The Kier molecular flexibility index (Phi) is 7.08. The van der Waals surface area contributed by atoms with Gasteiger partial charge in [0.2, 0.25) is 5.91 Å². The summed E-state index contributed by atoms with van der Waals surface area (Å²) in [6.07, 6.45) is 3.93. The van der Waals surface area contributed by atoms with Gasteiger partial charge in [0.1, 0.15) is 24.9 Å². The van der Waals surface area contributed by atoms with Crippen LogP contribution in [0.15, 0.2) is 73.1 Å². The topological polar surface area (TPSA) is 141 Å². The molecule has 2 aromatic heterocycles. The molecular formula is C23H22N4O4. The van der Waals surface area contributed by atoms with Crippen molar-refractivity contribution >= 4 is 40.0 Å². The van der Waals surface area contributed by atoms with E-state index in [1.165, 1.54) is 16.3 Å². The zero-order chi connectivity index (χ0) is 22.2. The van der Waals surface area contributed by atoms with Crippen LogP contribution >= 0.6 is 0 Å². The summed E-state index contributed by atoms with van der Waals surface area (Å²) in [4.78, 5) is 40.3. The number of nitrogens with one attached hydrogen (secondary N) is 1. The molecular weight excluding hydrogens is 396 g/mol. The van der Waals surface area contributed by atoms with Crippen molar-refractivity contribution in [1.82, 2.24) is 9.97 Å². The van der Waals surface area contributed by atoms with Gasteiger partial charge in [-0.15, -0.1) is 0 Å². The predicted molar refractivity (Wildman–Crippen MR) is 117 cm³/mol. The van der Waals surface area contributed by atoms with Gasteiger partial charge in [0.05, 0.1) is 11.7 Å². The second kappa shape index (κ2) is 10.1. The zero-order valence-corrected chi connectivity index (χ0v) is 16.6. The van der Waals surface area contributed by atoms with Gasteiger partial charge >= 0.3 is 5.97 Å². The molecule has 0 aliphatic carbocycles. The Morgan fingerprint density at radius 1 is 1.00 bits per heavy atom. The number of benzene rings is 2. The molecule has 5 N–H and O–H groups in total. The molecule has 2 aromatic carbocycles. The van der Waals surface area contributed by atoms with E-state index in [4.69, 9.17) is 16.2 Å². The second-order valence-corrected chi connectivity index (χ2v) is 6.78. The minimum atomic E-state index is -1.37. The predicted octanol–water partition coefficient (Wildman–Crippen LogP) is 2.07. The van der Waals surface area contributed by atoms with E-state index in [1.54, 1.807) is 24.3 Å². The van der Waals surface area contributed by atoms with Crippen molar-refractivity contribution in [2.24, 2.45) is 17.4 Å². The molecule has 0 aliphatic heterocycles. The Balaban J connectivity index is 0.000000183. The Hall–Kier alpha value is -4.04. The molecule has 2 unspecified atom stereocenters. The molecule has 0 spiro atoms. The summed E-state index contributed by atoms with van der Waals surface area (Å²) in [7, 11) is 0. The number of H-pyrrole nitrogens is 1. The number of carbonyl (C=O) groups is 3. The summed E-state index contributed by atoms with van der Waals surface area (Å²) in [5.41, 5.74) is 13.4. The number of aromatic nitrogens is 2. The third-order valence-corrected chi connectivity index (χ3v) is 4.67. The fourth-order valence-corrected chi connectivity index (χ4v) is 3.00. The molecule has 8 nitrogen and oxygen atoms in total. The molecule has 8 heteroatoms. The lowest BCUT2D eigenvalue weighted by molar-refractivity contribution is -0.150. The maximum atomic E-state index is 11.5. The van der Waals surface area contributed by atoms with E-state index in [2.05, 4.69) is 28.2 Å². The number of hydrogen-bond donors (Lipinski definition) is 3. The fourth-order valence-electron chi connectivity index (χ4n) is 3.00. The Bertz CT molecular complexity index is 1140. The molecule has 4 rings (SSSR count). The number of aldehydes is 1. The van der Waals surface area contributed by atoms with Gasteiger partial charge in [-0.25, -0.2) is 0 Å². The van der Waals surface area contributed by atoms with Crippen molar-refractivity contribution in [2.45, 2.75) is 12.6 Å². The summed E-state index contributed by atoms with van der Waals surface area (Å²) in [6.45, 7) is 0.0255. The molecule has 0 aliphatic rings. The highest BCUT2D eigenvalue weighted by Gasteiger charge is 2.30. The normalized spacial score (nSPS) is 12.4. The molecule has 31 heavy (non-hydrogen) atoms. The van der Waals surface area contributed by atoms with E-state index in [-0.39, 0.29) is 12.9 Å². The molecule has 0 radical (unpaired) electrons. The van der Waals surface area contributed by atoms with E-state index < -0.39 is 23.8 Å². The van der Waals surface area contributed by atoms with Crippen LogP contribution in [-0.2, 0) is 25.7 Å². The summed E-state index contributed by atoms with van der Waals surface area (Å²) in [6, 6.07) is 17.9. The number of primary amides is 1. The summed E-state index contributed by atoms with van der Waals surface area (Å²) >= 11 is 0. The van der Waals surface area contributed by atoms with E-state index >= 15 is 0 Å². The SMILES string of the molecule is NC(=O)C(C=O)C(N)C(=O)OCc1ccccc1.c1ccc2c(c1)[nH]c1cnccc12. The first kappa shape index (κ1) is 21.7. The van der Waals surface area contributed by atoms with Crippen LogP contribution in [0.3, 0.4) is 0 Å². The van der Waals surface area contributed by atoms with Crippen LogP contribution in [-0.4, -0.2) is 34.2 Å². The first-order chi connectivity index (χ1) is 15.0. The minimum absolute atomic E-state index is 0.0255. The van der Waals surface area contributed by atoms with Crippen LogP contribution in [0.1, 0.15) is 5.56 Å². The van der Waals surface area contributed by atoms with Gasteiger partial charge in [0, 0.05) is 22.5 Å². The molecule has 0 bridgehead atoms. The number of amides is 1. The van der Waals surface area contributed by atoms with Crippen molar-refractivity contribution in [1.29, 1.82) is 0 Å². The van der Waals surface area contributed by atoms with Gasteiger partial charge < -0.3 is 26.0 Å². The number of ether oxygens (including phenoxy) is 1. The number of esters is 1. The number of carbonyl (C=O) groups excluding carboxylic acids is 3. The third-order valence-electron chi connectivity index (χ3n) is 4.67. The molecule has 2 atom stereocenters. The van der Waals surface area contributed by atoms with Crippen LogP contribution in [0, 0.1) is 5.92 Å². The van der Waals surface area contributed by atoms with Gasteiger partial charge in [-0.1, -0.05) is 48.5 Å². The van der Waals surface area contributed by atoms with E-state index in [0.29, 0.717) is 0 Å². The Morgan fingerprint density at radius 3 is 2.39 bits per heavy atom. The summed E-state index contributed by atoms with van der Waals surface area (Å²) in [5.74, 6) is -3.16. The van der Waals surface area contributed by atoms with E-state index in [9.17, 15) is 14.4 Å². The molecule has 2 heterocycles. The van der Waals surface area contributed by atoms with Gasteiger partial charge in [0.25, 0.3) is 0 Å². The number of para-hydroxylation sites is 1. The average molecular weight is 418 g/mol. The number of nitrogens with two attached hydrogens (primary N) is 2. The van der Waals surface area contributed by atoms with E-state index in [1.807, 2.05) is 30.6 Å². The first-order valence-electron chi connectivity index (χ1n) is 9.52. The monoisotopic (exact) mass is 418 g/mol. The highest BCUT2D eigenvalue weighted by atomic mass is 16.5. The van der Waals surface area contributed by atoms with Crippen LogP contribution in [0.4, 0.5) is 0 Å². The van der Waals surface area contributed by atoms with Crippen LogP contribution in [0.5, 0.6) is 0 Å². The number of nitrogens with zero attached hydrogens (tertiary/aromatic N) is 1. The number of aromatic amines is 1. The maximum Gasteiger partial charge on any atom is 0.324 e. The quantitative estimate of drug-likeness (QED) is 0.249. The van der Waals surface area contributed by atoms with Gasteiger partial charge in [-0.05, 0) is 17.7 Å². The van der Waals surface area contributed by atoms with E-state index in [0.717, 1.165) is 11.1 Å². The molecule has 158 valence electrons. The number of pyridine rings is 1. The van der Waals surface area contributed by atoms with Gasteiger partial charge in [0.15, 0.2) is 0 Å². The van der Waals surface area contributed by atoms with Crippen molar-refractivity contribution in [2.75, 3.05) is 0 Å². The number of rotatable bonds is 6. The molecule has 0 fully saturated rings. The molecule has 4 aromatic rings. The minimum Gasteiger partial charge on any atom is -0.460 e. The summed E-state index contributed by atoms with van der Waals surface area (Å²) in [5, 5.41) is 2.51. The summed E-state index contributed by atoms with van der Waals surface area (Å²) < 4.78 is 4.89. The Labute approximate surface area is 178 Å². The highest BCUT2D eigenvalue weighted by molar-refractivity contribution is 6.06. The van der Waals surface area contributed by atoms with Gasteiger partial charge in [-0.3, -0.25) is 14.6 Å². The number of hydrogen-bond acceptors (Lipinski definition) is 6.